The number of aliphatic hydroxyl groups is 2. The standard InChI is InChI=1S/C11H23NO2/c1-2-3-4-5-6-7-12-8-10(13)11(14)9-12/h10-11,13-14H,2-9H2,1H3. The molecule has 84 valence electrons. The second-order valence-corrected chi connectivity index (χ2v) is 4.31. The normalized spacial score (nSPS) is 28.5. The predicted molar refractivity (Wildman–Crippen MR) is 57.2 cm³/mol. The van der Waals surface area contributed by atoms with Gasteiger partial charge in [0.15, 0.2) is 0 Å². The molecule has 0 amide bonds. The summed E-state index contributed by atoms with van der Waals surface area (Å²) in [6, 6.07) is 0. The summed E-state index contributed by atoms with van der Waals surface area (Å²) in [4.78, 5) is 2.15. The summed E-state index contributed by atoms with van der Waals surface area (Å²) in [5.74, 6) is 0. The number of nitrogens with zero attached hydrogens (tertiary/aromatic N) is 1. The van der Waals surface area contributed by atoms with Crippen LogP contribution in [0.15, 0.2) is 0 Å². The fraction of sp³-hybridized carbons (Fsp3) is 1.00. The third kappa shape index (κ3) is 3.95. The minimum absolute atomic E-state index is 0.523. The van der Waals surface area contributed by atoms with E-state index in [2.05, 4.69) is 11.8 Å². The molecule has 1 saturated heterocycles. The zero-order valence-corrected chi connectivity index (χ0v) is 9.15. The Morgan fingerprint density at radius 3 is 2.14 bits per heavy atom. The van der Waals surface area contributed by atoms with E-state index in [1.807, 2.05) is 0 Å². The van der Waals surface area contributed by atoms with Crippen LogP contribution in [0.3, 0.4) is 0 Å². The number of β-amino-alcohol motifs (C(OH)–C–C–N with tert-alkyl or cyclic N) is 2. The van der Waals surface area contributed by atoms with Gasteiger partial charge in [0.2, 0.25) is 0 Å². The van der Waals surface area contributed by atoms with E-state index < -0.39 is 12.2 Å². The maximum atomic E-state index is 9.32. The number of hydrogen-bond acceptors (Lipinski definition) is 3. The van der Waals surface area contributed by atoms with Crippen LogP contribution in [0.4, 0.5) is 0 Å². The highest BCUT2D eigenvalue weighted by molar-refractivity contribution is 4.82. The molecule has 14 heavy (non-hydrogen) atoms. The minimum atomic E-state index is -0.523. The number of unbranched alkanes of at least 4 members (excludes halogenated alkanes) is 4. The van der Waals surface area contributed by atoms with Crippen LogP contribution in [-0.4, -0.2) is 47.0 Å². The van der Waals surface area contributed by atoms with E-state index in [0.29, 0.717) is 13.1 Å². The smallest absolute Gasteiger partial charge is 0.0938 e. The van der Waals surface area contributed by atoms with Gasteiger partial charge in [-0.1, -0.05) is 32.6 Å². The molecule has 3 nitrogen and oxygen atoms in total. The lowest BCUT2D eigenvalue weighted by molar-refractivity contribution is 0.0572. The van der Waals surface area contributed by atoms with Crippen molar-refractivity contribution >= 4 is 0 Å². The molecule has 0 spiro atoms. The van der Waals surface area contributed by atoms with Gasteiger partial charge in [-0.05, 0) is 13.0 Å². The Morgan fingerprint density at radius 2 is 1.57 bits per heavy atom. The van der Waals surface area contributed by atoms with E-state index in [4.69, 9.17) is 0 Å². The van der Waals surface area contributed by atoms with E-state index in [1.165, 1.54) is 32.1 Å². The van der Waals surface area contributed by atoms with Gasteiger partial charge in [0.05, 0.1) is 12.2 Å². The Balaban J connectivity index is 1.97. The van der Waals surface area contributed by atoms with E-state index in [-0.39, 0.29) is 0 Å². The molecule has 0 bridgehead atoms. The summed E-state index contributed by atoms with van der Waals surface area (Å²) < 4.78 is 0. The first-order valence-electron chi connectivity index (χ1n) is 5.82. The molecule has 1 fully saturated rings. The van der Waals surface area contributed by atoms with Crippen molar-refractivity contribution in [1.82, 2.24) is 4.90 Å². The van der Waals surface area contributed by atoms with Crippen molar-refractivity contribution in [2.24, 2.45) is 0 Å². The number of hydrogen-bond donors (Lipinski definition) is 2. The summed E-state index contributed by atoms with van der Waals surface area (Å²) in [5, 5.41) is 18.6. The van der Waals surface area contributed by atoms with Gasteiger partial charge in [0.25, 0.3) is 0 Å². The molecule has 2 unspecified atom stereocenters. The van der Waals surface area contributed by atoms with Crippen LogP contribution in [0, 0.1) is 0 Å². The monoisotopic (exact) mass is 201 g/mol. The molecule has 0 aliphatic carbocycles. The van der Waals surface area contributed by atoms with Gasteiger partial charge in [-0.15, -0.1) is 0 Å². The maximum Gasteiger partial charge on any atom is 0.0938 e. The van der Waals surface area contributed by atoms with Crippen LogP contribution < -0.4 is 0 Å². The topological polar surface area (TPSA) is 43.7 Å². The van der Waals surface area contributed by atoms with Gasteiger partial charge < -0.3 is 10.2 Å². The SMILES string of the molecule is CCCCCCCN1CC(O)C(O)C1. The second kappa shape index (κ2) is 6.38. The lowest BCUT2D eigenvalue weighted by atomic mass is 10.1. The molecule has 0 aromatic rings. The van der Waals surface area contributed by atoms with Crippen LogP contribution in [0.5, 0.6) is 0 Å². The minimum Gasteiger partial charge on any atom is -0.389 e. The molecule has 0 saturated carbocycles. The van der Waals surface area contributed by atoms with Gasteiger partial charge >= 0.3 is 0 Å². The number of likely N-dealkylation sites (tertiary alicyclic amines) is 1. The van der Waals surface area contributed by atoms with Crippen LogP contribution in [-0.2, 0) is 0 Å². The van der Waals surface area contributed by atoms with Gasteiger partial charge in [-0.2, -0.15) is 0 Å². The van der Waals surface area contributed by atoms with E-state index in [0.717, 1.165) is 6.54 Å². The molecule has 2 N–H and O–H groups in total. The Hall–Kier alpha value is -0.120. The van der Waals surface area contributed by atoms with Crippen LogP contribution in [0.25, 0.3) is 0 Å². The zero-order chi connectivity index (χ0) is 10.4. The summed E-state index contributed by atoms with van der Waals surface area (Å²) in [6.45, 7) is 4.54. The summed E-state index contributed by atoms with van der Waals surface area (Å²) in [5.41, 5.74) is 0. The Labute approximate surface area is 86.7 Å². The maximum absolute atomic E-state index is 9.32. The highest BCUT2D eigenvalue weighted by Crippen LogP contribution is 2.11. The van der Waals surface area contributed by atoms with E-state index in [1.54, 1.807) is 0 Å². The molecule has 3 heteroatoms. The molecule has 2 atom stereocenters. The van der Waals surface area contributed by atoms with Gasteiger partial charge in [0, 0.05) is 13.1 Å². The molecule has 0 aromatic carbocycles. The van der Waals surface area contributed by atoms with E-state index >= 15 is 0 Å². The van der Waals surface area contributed by atoms with Crippen LogP contribution in [0.1, 0.15) is 39.0 Å². The Bertz CT molecular complexity index is 142. The third-order valence-corrected chi connectivity index (χ3v) is 2.91. The quantitative estimate of drug-likeness (QED) is 0.630. The molecule has 1 aliphatic heterocycles. The summed E-state index contributed by atoms with van der Waals surface area (Å²) in [6.07, 6.45) is 5.34. The first kappa shape index (κ1) is 12.0. The van der Waals surface area contributed by atoms with Crippen molar-refractivity contribution in [2.75, 3.05) is 19.6 Å². The van der Waals surface area contributed by atoms with Crippen molar-refractivity contribution in [1.29, 1.82) is 0 Å². The van der Waals surface area contributed by atoms with Gasteiger partial charge in [-0.3, -0.25) is 4.90 Å². The second-order valence-electron chi connectivity index (χ2n) is 4.31. The lowest BCUT2D eigenvalue weighted by Crippen LogP contribution is -2.23. The van der Waals surface area contributed by atoms with Crippen molar-refractivity contribution < 1.29 is 10.2 Å². The van der Waals surface area contributed by atoms with Crippen LogP contribution >= 0.6 is 0 Å². The molecular weight excluding hydrogens is 178 g/mol. The van der Waals surface area contributed by atoms with Crippen molar-refractivity contribution in [3.8, 4) is 0 Å². The summed E-state index contributed by atoms with van der Waals surface area (Å²) >= 11 is 0. The van der Waals surface area contributed by atoms with Crippen LogP contribution in [0.2, 0.25) is 0 Å². The zero-order valence-electron chi connectivity index (χ0n) is 9.15. The molecule has 1 aliphatic rings. The lowest BCUT2D eigenvalue weighted by Gasteiger charge is -2.13. The molecular formula is C11H23NO2. The third-order valence-electron chi connectivity index (χ3n) is 2.91. The van der Waals surface area contributed by atoms with Crippen molar-refractivity contribution in [3.05, 3.63) is 0 Å². The Kier molecular flexibility index (Phi) is 5.45. The van der Waals surface area contributed by atoms with Gasteiger partial charge in [-0.25, -0.2) is 0 Å². The Morgan fingerprint density at radius 1 is 1.00 bits per heavy atom. The molecule has 0 aromatic heterocycles. The van der Waals surface area contributed by atoms with E-state index in [9.17, 15) is 10.2 Å². The molecule has 0 radical (unpaired) electrons. The number of aliphatic hydroxyl groups excluding tert-OH is 2. The van der Waals surface area contributed by atoms with Crippen molar-refractivity contribution in [2.45, 2.75) is 51.2 Å². The number of rotatable bonds is 6. The largest absolute Gasteiger partial charge is 0.389 e. The first-order chi connectivity index (χ1) is 6.74. The fourth-order valence-corrected chi connectivity index (χ4v) is 1.97. The van der Waals surface area contributed by atoms with Gasteiger partial charge in [0.1, 0.15) is 0 Å². The highest BCUT2D eigenvalue weighted by atomic mass is 16.3. The predicted octanol–water partition coefficient (Wildman–Crippen LogP) is 0.994. The molecule has 1 rings (SSSR count). The highest BCUT2D eigenvalue weighted by Gasteiger charge is 2.28. The first-order valence-corrected chi connectivity index (χ1v) is 5.82. The summed E-state index contributed by atoms with van der Waals surface area (Å²) in [7, 11) is 0. The average molecular weight is 201 g/mol. The fourth-order valence-electron chi connectivity index (χ4n) is 1.97. The van der Waals surface area contributed by atoms with Crippen molar-refractivity contribution in [3.63, 3.8) is 0 Å². The molecule has 1 heterocycles. The average Bonchev–Trinajstić information content (AvgIpc) is 2.46.